The van der Waals surface area contributed by atoms with Crippen molar-refractivity contribution in [2.24, 2.45) is 0 Å². The van der Waals surface area contributed by atoms with Gasteiger partial charge >= 0.3 is 5.97 Å². The first-order valence-electron chi connectivity index (χ1n) is 11.6. The van der Waals surface area contributed by atoms with Gasteiger partial charge in [0.15, 0.2) is 0 Å². The Labute approximate surface area is 192 Å². The topological polar surface area (TPSA) is 93.8 Å². The van der Waals surface area contributed by atoms with Crippen LogP contribution in [0, 0.1) is 0 Å². The summed E-state index contributed by atoms with van der Waals surface area (Å²) >= 11 is 0. The minimum atomic E-state index is -0.898. The van der Waals surface area contributed by atoms with E-state index in [9.17, 15) is 9.90 Å². The molecule has 4 aromatic rings. The maximum atomic E-state index is 11.6. The molecule has 0 bridgehead atoms. The van der Waals surface area contributed by atoms with E-state index in [4.69, 9.17) is 4.98 Å². The highest BCUT2D eigenvalue weighted by Crippen LogP contribution is 2.23. The molecule has 1 atom stereocenters. The molecule has 1 aliphatic carbocycles. The molecule has 1 N–H and O–H groups in total. The first-order valence-corrected chi connectivity index (χ1v) is 11.6. The number of fused-ring (bicyclic) bond motifs is 2. The van der Waals surface area contributed by atoms with Crippen LogP contribution in [-0.4, -0.2) is 35.8 Å². The van der Waals surface area contributed by atoms with Crippen molar-refractivity contribution in [1.82, 2.24) is 24.7 Å². The first kappa shape index (κ1) is 21.2. The predicted octanol–water partition coefficient (Wildman–Crippen LogP) is 4.34. The van der Waals surface area contributed by atoms with Gasteiger partial charge in [-0.2, -0.15) is 5.10 Å². The van der Waals surface area contributed by atoms with Crippen molar-refractivity contribution in [1.29, 1.82) is 0 Å². The Hall–Kier alpha value is -3.61. The van der Waals surface area contributed by atoms with E-state index < -0.39 is 12.0 Å². The molecule has 33 heavy (non-hydrogen) atoms. The number of hydrogen-bond donors (Lipinski definition) is 1. The molecule has 0 fully saturated rings. The molecule has 7 heteroatoms. The number of carboxylic acid groups (broad SMARTS) is 1. The molecule has 0 spiro atoms. The SMILES string of the molecule is O=C(O)CC(c1cnc2ccccc2n1)n1ccc(CCCc2ccc3c(n2)CCCC3)n1. The third-order valence-electron chi connectivity index (χ3n) is 6.26. The van der Waals surface area contributed by atoms with Gasteiger partial charge in [0.05, 0.1) is 35.0 Å². The van der Waals surface area contributed by atoms with E-state index in [1.165, 1.54) is 24.1 Å². The normalized spacial score (nSPS) is 14.2. The van der Waals surface area contributed by atoms with Crippen LogP contribution < -0.4 is 0 Å². The number of hydrogen-bond acceptors (Lipinski definition) is 5. The summed E-state index contributed by atoms with van der Waals surface area (Å²) < 4.78 is 1.71. The van der Waals surface area contributed by atoms with Crippen molar-refractivity contribution in [2.45, 2.75) is 57.4 Å². The van der Waals surface area contributed by atoms with Crippen LogP contribution in [0.1, 0.15) is 60.1 Å². The van der Waals surface area contributed by atoms with Crippen molar-refractivity contribution in [3.8, 4) is 0 Å². The van der Waals surface area contributed by atoms with E-state index in [1.54, 1.807) is 10.9 Å². The Kier molecular flexibility index (Phi) is 6.11. The lowest BCUT2D eigenvalue weighted by Crippen LogP contribution is -2.17. The fraction of sp³-hybridized carbons (Fsp3) is 0.346. The van der Waals surface area contributed by atoms with Gasteiger partial charge in [0.1, 0.15) is 6.04 Å². The van der Waals surface area contributed by atoms with Gasteiger partial charge in [-0.25, -0.2) is 4.98 Å². The first-order chi connectivity index (χ1) is 16.2. The number of carbonyl (C=O) groups is 1. The second-order valence-electron chi connectivity index (χ2n) is 8.65. The Morgan fingerprint density at radius 1 is 0.970 bits per heavy atom. The number of aryl methyl sites for hydroxylation is 4. The molecular weight excluding hydrogens is 414 g/mol. The summed E-state index contributed by atoms with van der Waals surface area (Å²) in [5.41, 5.74) is 6.90. The standard InChI is InChI=1S/C26H27N5O2/c32-26(33)16-25(24-17-27-22-10-3-4-11-23(22)29-24)31-15-14-20(30-31)8-5-7-19-13-12-18-6-1-2-9-21(18)28-19/h3-4,10-15,17,25H,1-2,5-9,16H2,(H,32,33). The van der Waals surface area contributed by atoms with Crippen LogP contribution in [0.25, 0.3) is 11.0 Å². The molecule has 3 heterocycles. The number of pyridine rings is 1. The van der Waals surface area contributed by atoms with Gasteiger partial charge < -0.3 is 5.11 Å². The molecule has 0 saturated carbocycles. The molecule has 1 unspecified atom stereocenters. The maximum Gasteiger partial charge on any atom is 0.305 e. The average molecular weight is 442 g/mol. The molecule has 0 saturated heterocycles. The summed E-state index contributed by atoms with van der Waals surface area (Å²) in [7, 11) is 0. The van der Waals surface area contributed by atoms with Crippen LogP contribution in [0.15, 0.2) is 54.9 Å². The van der Waals surface area contributed by atoms with Crippen molar-refractivity contribution < 1.29 is 9.90 Å². The molecule has 0 aliphatic heterocycles. The second kappa shape index (κ2) is 9.48. The third-order valence-corrected chi connectivity index (χ3v) is 6.26. The maximum absolute atomic E-state index is 11.6. The Morgan fingerprint density at radius 3 is 2.67 bits per heavy atom. The van der Waals surface area contributed by atoms with Crippen molar-refractivity contribution in [3.05, 3.63) is 83.2 Å². The Balaban J connectivity index is 1.28. The molecule has 7 nitrogen and oxygen atoms in total. The number of nitrogens with zero attached hydrogens (tertiary/aromatic N) is 5. The fourth-order valence-electron chi connectivity index (χ4n) is 4.53. The molecule has 0 amide bonds. The van der Waals surface area contributed by atoms with Gasteiger partial charge in [-0.1, -0.05) is 18.2 Å². The van der Waals surface area contributed by atoms with E-state index in [0.717, 1.165) is 54.5 Å². The number of aromatic nitrogens is 5. The van der Waals surface area contributed by atoms with E-state index in [1.807, 2.05) is 36.5 Å². The predicted molar refractivity (Wildman–Crippen MR) is 125 cm³/mol. The van der Waals surface area contributed by atoms with E-state index in [2.05, 4.69) is 27.2 Å². The lowest BCUT2D eigenvalue weighted by Gasteiger charge is -2.15. The lowest BCUT2D eigenvalue weighted by atomic mass is 9.95. The zero-order valence-corrected chi connectivity index (χ0v) is 18.5. The van der Waals surface area contributed by atoms with Crippen LogP contribution in [0.4, 0.5) is 0 Å². The van der Waals surface area contributed by atoms with Crippen LogP contribution in [0.3, 0.4) is 0 Å². The van der Waals surface area contributed by atoms with Crippen molar-refractivity contribution >= 4 is 17.0 Å². The van der Waals surface area contributed by atoms with Crippen LogP contribution in [0.5, 0.6) is 0 Å². The van der Waals surface area contributed by atoms with Crippen molar-refractivity contribution in [3.63, 3.8) is 0 Å². The molecule has 3 aromatic heterocycles. The summed E-state index contributed by atoms with van der Waals surface area (Å²) in [6.07, 6.45) is 10.8. The zero-order valence-electron chi connectivity index (χ0n) is 18.5. The number of aliphatic carboxylic acids is 1. The quantitative estimate of drug-likeness (QED) is 0.437. The number of rotatable bonds is 8. The highest BCUT2D eigenvalue weighted by molar-refractivity contribution is 5.74. The Bertz CT molecular complexity index is 1280. The summed E-state index contributed by atoms with van der Waals surface area (Å²) in [5.74, 6) is -0.898. The number of carboxylic acids is 1. The average Bonchev–Trinajstić information content (AvgIpc) is 3.30. The van der Waals surface area contributed by atoms with Gasteiger partial charge in [-0.3, -0.25) is 19.4 Å². The molecular formula is C26H27N5O2. The zero-order chi connectivity index (χ0) is 22.6. The Morgan fingerprint density at radius 2 is 1.79 bits per heavy atom. The third kappa shape index (κ3) is 4.92. The minimum Gasteiger partial charge on any atom is -0.481 e. The van der Waals surface area contributed by atoms with Gasteiger partial charge in [-0.05, 0) is 74.8 Å². The van der Waals surface area contributed by atoms with Gasteiger partial charge in [-0.15, -0.1) is 0 Å². The molecule has 1 aromatic carbocycles. The second-order valence-corrected chi connectivity index (χ2v) is 8.65. The lowest BCUT2D eigenvalue weighted by molar-refractivity contribution is -0.137. The summed E-state index contributed by atoms with van der Waals surface area (Å²) in [6.45, 7) is 0. The fourth-order valence-corrected chi connectivity index (χ4v) is 4.53. The van der Waals surface area contributed by atoms with E-state index in [0.29, 0.717) is 5.69 Å². The van der Waals surface area contributed by atoms with Gasteiger partial charge in [0.25, 0.3) is 0 Å². The monoisotopic (exact) mass is 441 g/mol. The van der Waals surface area contributed by atoms with Crippen LogP contribution >= 0.6 is 0 Å². The minimum absolute atomic E-state index is 0.104. The molecule has 0 radical (unpaired) electrons. The molecule has 5 rings (SSSR count). The number of benzene rings is 1. The van der Waals surface area contributed by atoms with Crippen LogP contribution in [-0.2, 0) is 30.5 Å². The smallest absolute Gasteiger partial charge is 0.305 e. The van der Waals surface area contributed by atoms with Gasteiger partial charge in [0, 0.05) is 17.6 Å². The van der Waals surface area contributed by atoms with Gasteiger partial charge in [0.2, 0.25) is 0 Å². The van der Waals surface area contributed by atoms with E-state index in [-0.39, 0.29) is 6.42 Å². The summed E-state index contributed by atoms with van der Waals surface area (Å²) in [4.78, 5) is 25.5. The van der Waals surface area contributed by atoms with Crippen LogP contribution in [0.2, 0.25) is 0 Å². The molecule has 1 aliphatic rings. The molecule has 168 valence electrons. The van der Waals surface area contributed by atoms with E-state index >= 15 is 0 Å². The summed E-state index contributed by atoms with van der Waals surface area (Å²) in [6, 6.07) is 13.4. The largest absolute Gasteiger partial charge is 0.481 e. The summed E-state index contributed by atoms with van der Waals surface area (Å²) in [5, 5.41) is 14.2. The van der Waals surface area contributed by atoms with Crippen molar-refractivity contribution in [2.75, 3.05) is 0 Å². The highest BCUT2D eigenvalue weighted by Gasteiger charge is 2.21. The highest BCUT2D eigenvalue weighted by atomic mass is 16.4. The number of para-hydroxylation sites is 2.